The van der Waals surface area contributed by atoms with Gasteiger partial charge in [-0.05, 0) is 30.3 Å². The molecule has 2 saturated heterocycles. The summed E-state index contributed by atoms with van der Waals surface area (Å²) in [5, 5.41) is 2.95. The molecule has 2 fully saturated rings. The van der Waals surface area contributed by atoms with Crippen LogP contribution in [0.15, 0.2) is 47.4 Å². The zero-order valence-corrected chi connectivity index (χ0v) is 20.5. The van der Waals surface area contributed by atoms with Gasteiger partial charge in [0, 0.05) is 38.9 Å². The maximum atomic E-state index is 13.4. The van der Waals surface area contributed by atoms with Gasteiger partial charge in [-0.1, -0.05) is 12.1 Å². The Morgan fingerprint density at radius 3 is 2.40 bits per heavy atom. The number of hydrogen-bond donors (Lipinski definition) is 1. The quantitative estimate of drug-likeness (QED) is 0.546. The summed E-state index contributed by atoms with van der Waals surface area (Å²) in [5.41, 5.74) is 2.84. The highest BCUT2D eigenvalue weighted by Gasteiger charge is 2.29. The molecule has 0 spiro atoms. The van der Waals surface area contributed by atoms with Crippen molar-refractivity contribution in [2.24, 2.45) is 7.05 Å². The third-order valence-corrected chi connectivity index (χ3v) is 8.35. The van der Waals surface area contributed by atoms with Crippen LogP contribution in [-0.2, 0) is 33.1 Å². The highest BCUT2D eigenvalue weighted by molar-refractivity contribution is 7.89. The van der Waals surface area contributed by atoms with Crippen LogP contribution >= 0.6 is 0 Å². The van der Waals surface area contributed by atoms with E-state index in [1.165, 1.54) is 10.4 Å². The van der Waals surface area contributed by atoms with Crippen LogP contribution in [-0.4, -0.2) is 80.8 Å². The monoisotopic (exact) mass is 499 g/mol. The largest absolute Gasteiger partial charge is 0.379 e. The van der Waals surface area contributed by atoms with E-state index in [1.807, 2.05) is 35.9 Å². The fourth-order valence-corrected chi connectivity index (χ4v) is 5.92. The summed E-state index contributed by atoms with van der Waals surface area (Å²) in [6.45, 7) is 3.87. The van der Waals surface area contributed by atoms with E-state index in [0.29, 0.717) is 69.7 Å². The Hall–Kier alpha value is -2.99. The number of aryl methyl sites for hydroxylation is 1. The number of nitrogens with zero attached hydrogens (tertiary/aromatic N) is 4. The van der Waals surface area contributed by atoms with Crippen LogP contribution in [0.5, 0.6) is 0 Å². The number of carbonyl (C=O) groups excluding carboxylic acids is 1. The van der Waals surface area contributed by atoms with Crippen molar-refractivity contribution >= 4 is 32.7 Å². The third-order valence-electron chi connectivity index (χ3n) is 6.46. The average molecular weight is 500 g/mol. The molecular weight excluding hydrogens is 470 g/mol. The molecule has 2 aliphatic heterocycles. The Bertz CT molecular complexity index is 1330. The summed E-state index contributed by atoms with van der Waals surface area (Å²) in [7, 11) is -1.83. The number of hydrogen-bond acceptors (Lipinski definition) is 7. The molecule has 0 atom stereocenters. The number of benzene rings is 2. The number of amides is 1. The van der Waals surface area contributed by atoms with Gasteiger partial charge in [0.1, 0.15) is 5.82 Å². The van der Waals surface area contributed by atoms with E-state index < -0.39 is 10.0 Å². The lowest BCUT2D eigenvalue weighted by atomic mass is 10.1. The van der Waals surface area contributed by atoms with Gasteiger partial charge in [-0.25, -0.2) is 13.4 Å². The molecule has 11 heteroatoms. The van der Waals surface area contributed by atoms with Gasteiger partial charge in [0.2, 0.25) is 10.0 Å². The van der Waals surface area contributed by atoms with Crippen LogP contribution in [0.2, 0.25) is 0 Å². The van der Waals surface area contributed by atoms with Crippen molar-refractivity contribution in [1.29, 1.82) is 0 Å². The number of sulfonamides is 1. The Labute approximate surface area is 204 Å². The van der Waals surface area contributed by atoms with Crippen molar-refractivity contribution < 1.29 is 22.7 Å². The topological polar surface area (TPSA) is 106 Å². The van der Waals surface area contributed by atoms with Crippen LogP contribution in [0.1, 0.15) is 16.2 Å². The van der Waals surface area contributed by atoms with Gasteiger partial charge >= 0.3 is 0 Å². The molecule has 186 valence electrons. The number of aromatic nitrogens is 2. The smallest absolute Gasteiger partial charge is 0.253 e. The second-order valence-corrected chi connectivity index (χ2v) is 10.5. The first kappa shape index (κ1) is 23.7. The minimum absolute atomic E-state index is 0.101. The maximum Gasteiger partial charge on any atom is 0.253 e. The van der Waals surface area contributed by atoms with Crippen molar-refractivity contribution in [3.8, 4) is 0 Å². The Kier molecular flexibility index (Phi) is 6.74. The number of carbonyl (C=O) groups is 1. The minimum atomic E-state index is -3.74. The number of morpholine rings is 2. The fraction of sp³-hybridized carbons (Fsp3) is 0.417. The van der Waals surface area contributed by atoms with Gasteiger partial charge in [0.15, 0.2) is 0 Å². The number of ether oxygens (including phenoxy) is 2. The first-order valence-corrected chi connectivity index (χ1v) is 13.1. The molecule has 1 N–H and O–H groups in total. The van der Waals surface area contributed by atoms with E-state index in [4.69, 9.17) is 9.47 Å². The van der Waals surface area contributed by atoms with E-state index >= 15 is 0 Å². The van der Waals surface area contributed by atoms with Crippen LogP contribution in [0, 0.1) is 0 Å². The van der Waals surface area contributed by atoms with E-state index in [0.717, 1.165) is 11.0 Å². The van der Waals surface area contributed by atoms with Gasteiger partial charge in [-0.2, -0.15) is 4.31 Å². The Balaban J connectivity index is 1.44. The highest BCUT2D eigenvalue weighted by Crippen LogP contribution is 2.27. The number of fused-ring (bicyclic) bond motifs is 1. The van der Waals surface area contributed by atoms with E-state index in [-0.39, 0.29) is 17.3 Å². The van der Waals surface area contributed by atoms with Crippen molar-refractivity contribution in [3.63, 3.8) is 0 Å². The predicted octanol–water partition coefficient (Wildman–Crippen LogP) is 1.36. The summed E-state index contributed by atoms with van der Waals surface area (Å²) < 4.78 is 40.6. The summed E-state index contributed by atoms with van der Waals surface area (Å²) in [4.78, 5) is 20.2. The molecule has 2 aliphatic rings. The number of para-hydroxylation sites is 2. The summed E-state index contributed by atoms with van der Waals surface area (Å²) >= 11 is 0. The normalized spacial score (nSPS) is 17.6. The summed E-state index contributed by atoms with van der Waals surface area (Å²) in [5.74, 6) is 0.363. The third kappa shape index (κ3) is 4.76. The molecule has 3 heterocycles. The lowest BCUT2D eigenvalue weighted by Gasteiger charge is -2.31. The number of rotatable bonds is 6. The highest BCUT2D eigenvalue weighted by atomic mass is 32.2. The molecule has 1 aromatic heterocycles. The molecule has 2 aromatic carbocycles. The molecule has 35 heavy (non-hydrogen) atoms. The zero-order valence-electron chi connectivity index (χ0n) is 19.6. The van der Waals surface area contributed by atoms with Gasteiger partial charge in [-0.15, -0.1) is 0 Å². The molecular formula is C24H29N5O5S. The van der Waals surface area contributed by atoms with Crippen LogP contribution in [0.4, 0.5) is 5.69 Å². The first-order valence-electron chi connectivity index (χ1n) is 11.7. The van der Waals surface area contributed by atoms with Crippen LogP contribution in [0.25, 0.3) is 11.0 Å². The fourth-order valence-electron chi connectivity index (χ4n) is 4.48. The van der Waals surface area contributed by atoms with Crippen LogP contribution < -0.4 is 10.2 Å². The van der Waals surface area contributed by atoms with E-state index in [9.17, 15) is 13.2 Å². The van der Waals surface area contributed by atoms with Crippen molar-refractivity contribution in [2.45, 2.75) is 11.4 Å². The number of imidazole rings is 1. The van der Waals surface area contributed by atoms with Crippen LogP contribution in [0.3, 0.4) is 0 Å². The minimum Gasteiger partial charge on any atom is -0.379 e. The van der Waals surface area contributed by atoms with Gasteiger partial charge < -0.3 is 24.3 Å². The van der Waals surface area contributed by atoms with Gasteiger partial charge in [0.05, 0.1) is 54.5 Å². The molecule has 0 radical (unpaired) electrons. The molecule has 0 bridgehead atoms. The molecule has 5 rings (SSSR count). The van der Waals surface area contributed by atoms with E-state index in [2.05, 4.69) is 15.2 Å². The van der Waals surface area contributed by atoms with Crippen molar-refractivity contribution in [1.82, 2.24) is 19.2 Å². The predicted molar refractivity (Wildman–Crippen MR) is 131 cm³/mol. The number of nitrogens with one attached hydrogen (secondary N) is 1. The van der Waals surface area contributed by atoms with Gasteiger partial charge in [-0.3, -0.25) is 4.79 Å². The summed E-state index contributed by atoms with van der Waals surface area (Å²) in [6.07, 6.45) is 0. The average Bonchev–Trinajstić information content (AvgIpc) is 3.23. The van der Waals surface area contributed by atoms with Gasteiger partial charge in [0.25, 0.3) is 5.91 Å². The molecule has 1 amide bonds. The molecule has 10 nitrogen and oxygen atoms in total. The second kappa shape index (κ2) is 9.94. The summed E-state index contributed by atoms with van der Waals surface area (Å²) in [6, 6.07) is 12.6. The maximum absolute atomic E-state index is 13.4. The van der Waals surface area contributed by atoms with E-state index in [1.54, 1.807) is 12.1 Å². The Morgan fingerprint density at radius 1 is 1.00 bits per heavy atom. The molecule has 3 aromatic rings. The Morgan fingerprint density at radius 2 is 1.69 bits per heavy atom. The first-order chi connectivity index (χ1) is 16.9. The second-order valence-electron chi connectivity index (χ2n) is 8.55. The lowest BCUT2D eigenvalue weighted by molar-refractivity contribution is 0.0730. The number of anilines is 1. The SMILES string of the molecule is Cn1c(CNC(=O)c2cc(S(=O)(=O)N3CCOCC3)ccc2N2CCOCC2)nc2ccccc21. The zero-order chi connectivity index (χ0) is 24.4. The standard InChI is InChI=1S/C24H29N5O5S/c1-27-22-5-3-2-4-20(22)26-23(27)17-25-24(30)19-16-18(35(31,32)29-10-14-34-15-11-29)6-7-21(19)28-8-12-33-13-9-28/h2-7,16H,8-15,17H2,1H3,(H,25,30). The molecule has 0 unspecified atom stereocenters. The van der Waals surface area contributed by atoms with Crippen molar-refractivity contribution in [3.05, 3.63) is 53.9 Å². The molecule has 0 saturated carbocycles. The lowest BCUT2D eigenvalue weighted by Crippen LogP contribution is -2.41. The van der Waals surface area contributed by atoms with Crippen molar-refractivity contribution in [2.75, 3.05) is 57.5 Å². The molecule has 0 aliphatic carbocycles.